The summed E-state index contributed by atoms with van der Waals surface area (Å²) in [6.45, 7) is 4.63. The Morgan fingerprint density at radius 3 is 2.71 bits per heavy atom. The van der Waals surface area contributed by atoms with E-state index < -0.39 is 6.23 Å². The Kier molecular flexibility index (Phi) is 2.49. The number of hydrogen-bond acceptors (Lipinski definition) is 2. The quantitative estimate of drug-likeness (QED) is 0.409. The predicted octanol–water partition coefficient (Wildman–Crippen LogP) is -1.30. The Morgan fingerprint density at radius 2 is 2.21 bits per heavy atom. The fourth-order valence-electron chi connectivity index (χ4n) is 1.72. The maximum Gasteiger partial charge on any atom is 0.275 e. The van der Waals surface area contributed by atoms with Gasteiger partial charge in [0.1, 0.15) is 19.3 Å². The zero-order chi connectivity index (χ0) is 10.1. The first-order valence-corrected chi connectivity index (χ1v) is 4.70. The van der Waals surface area contributed by atoms with Gasteiger partial charge < -0.3 is 30.0 Å². The predicted molar refractivity (Wildman–Crippen MR) is 47.5 cm³/mol. The van der Waals surface area contributed by atoms with Gasteiger partial charge in [-0.2, -0.15) is 0 Å². The minimum absolute atomic E-state index is 0.0283. The lowest BCUT2D eigenvalue weighted by Gasteiger charge is -2.28. The van der Waals surface area contributed by atoms with Crippen LogP contribution in [0.5, 0.6) is 0 Å². The van der Waals surface area contributed by atoms with Gasteiger partial charge in [-0.3, -0.25) is 0 Å². The minimum Gasteiger partial charge on any atom is -0.541 e. The molecule has 0 spiro atoms. The topological polar surface area (TPSA) is 69.9 Å². The summed E-state index contributed by atoms with van der Waals surface area (Å²) in [5.41, 5.74) is 0. The van der Waals surface area contributed by atoms with Crippen molar-refractivity contribution in [2.45, 2.75) is 13.2 Å². The van der Waals surface area contributed by atoms with Crippen LogP contribution in [0, 0.1) is 6.23 Å². The summed E-state index contributed by atoms with van der Waals surface area (Å²) in [7, 11) is 0. The minimum atomic E-state index is -0.420. The van der Waals surface area contributed by atoms with Gasteiger partial charge in [-0.1, -0.05) is 0 Å². The van der Waals surface area contributed by atoms with Crippen molar-refractivity contribution in [3.05, 3.63) is 12.1 Å². The molecule has 0 aromatic rings. The van der Waals surface area contributed by atoms with Crippen molar-refractivity contribution in [2.24, 2.45) is 0 Å². The van der Waals surface area contributed by atoms with Gasteiger partial charge in [-0.15, -0.1) is 0 Å². The van der Waals surface area contributed by atoms with Crippen molar-refractivity contribution in [1.82, 2.24) is 0 Å². The van der Waals surface area contributed by atoms with Crippen molar-refractivity contribution in [2.75, 3.05) is 26.3 Å². The normalized spacial score (nSPS) is 30.1. The maximum absolute atomic E-state index is 9.63. The smallest absolute Gasteiger partial charge is 0.275 e. The summed E-state index contributed by atoms with van der Waals surface area (Å²) in [6.07, 6.45) is 0.00268. The third-order valence-electron chi connectivity index (χ3n) is 2.57. The highest BCUT2D eigenvalue weighted by atomic mass is 16.6. The van der Waals surface area contributed by atoms with E-state index in [4.69, 9.17) is 15.3 Å². The van der Waals surface area contributed by atoms with Crippen molar-refractivity contribution in [1.29, 1.82) is 0 Å². The van der Waals surface area contributed by atoms with E-state index >= 15 is 0 Å². The third-order valence-corrected chi connectivity index (χ3v) is 2.57. The summed E-state index contributed by atoms with van der Waals surface area (Å²) in [5, 5.41) is 9.63. The van der Waals surface area contributed by atoms with Gasteiger partial charge in [0.25, 0.3) is 5.90 Å². The number of nitrogens with zero attached hydrogens (tertiary/aromatic N) is 1. The second-order valence-electron chi connectivity index (χ2n) is 3.48. The molecule has 80 valence electrons. The van der Waals surface area contributed by atoms with Gasteiger partial charge in [0.15, 0.2) is 0 Å². The van der Waals surface area contributed by atoms with Crippen LogP contribution in [0.2, 0.25) is 0 Å². The standard InChI is InChI=1S/C8H14N3O3/c1-6-11(9)7(12)8(14-6)10-2-4-13-5-3-10/h8-9,12H,2-5H2,1H3/q-1/p+1. The molecule has 2 heterocycles. The lowest BCUT2D eigenvalue weighted by molar-refractivity contribution is -0.942. The van der Waals surface area contributed by atoms with Crippen molar-refractivity contribution >= 4 is 5.90 Å². The van der Waals surface area contributed by atoms with Gasteiger partial charge in [0.2, 0.25) is 6.23 Å². The maximum atomic E-state index is 9.63. The number of nitrogens with one attached hydrogen (secondary N) is 2. The molecule has 1 unspecified atom stereocenters. The molecule has 0 amide bonds. The molecule has 3 N–H and O–H groups in total. The van der Waals surface area contributed by atoms with Crippen LogP contribution in [0.4, 0.5) is 0 Å². The second kappa shape index (κ2) is 3.64. The lowest BCUT2D eigenvalue weighted by Crippen LogP contribution is -3.18. The number of hydrogen-bond donors (Lipinski definition) is 2. The molecular weight excluding hydrogens is 186 g/mol. The number of rotatable bonds is 1. The zero-order valence-electron chi connectivity index (χ0n) is 8.12. The Balaban J connectivity index is 2.05. The summed E-state index contributed by atoms with van der Waals surface area (Å²) >= 11 is 0. The van der Waals surface area contributed by atoms with Gasteiger partial charge >= 0.3 is 0 Å². The van der Waals surface area contributed by atoms with Crippen LogP contribution in [0.25, 0.3) is 5.84 Å². The number of aliphatic hydroxyl groups excluding tert-OH is 1. The number of ether oxygens (including phenoxy) is 2. The second-order valence-corrected chi connectivity index (χ2v) is 3.48. The average molecular weight is 201 g/mol. The fourth-order valence-corrected chi connectivity index (χ4v) is 1.72. The first-order valence-electron chi connectivity index (χ1n) is 4.70. The largest absolute Gasteiger partial charge is 0.541 e. The van der Waals surface area contributed by atoms with E-state index in [0.29, 0.717) is 19.4 Å². The molecule has 0 aliphatic carbocycles. The van der Waals surface area contributed by atoms with Crippen LogP contribution in [0.1, 0.15) is 6.92 Å². The van der Waals surface area contributed by atoms with Crippen LogP contribution < -0.4 is 4.90 Å². The Hall–Kier alpha value is -0.980. The lowest BCUT2D eigenvalue weighted by atomic mass is 10.4. The van der Waals surface area contributed by atoms with Crippen LogP contribution in [0.3, 0.4) is 0 Å². The molecule has 2 rings (SSSR count). The number of quaternary nitrogens is 1. The average Bonchev–Trinajstić information content (AvgIpc) is 2.47. The molecule has 0 saturated carbocycles. The van der Waals surface area contributed by atoms with Gasteiger partial charge in [0.05, 0.1) is 13.2 Å². The molecule has 2 aliphatic heterocycles. The fraction of sp³-hybridized carbons (Fsp3) is 0.750. The molecule has 14 heavy (non-hydrogen) atoms. The SMILES string of the molecule is C[C-]1OC([NH+]2CCOCC2)C(O)=[N+]1[NH-]. The first-order chi connectivity index (χ1) is 6.70. The molecule has 1 fully saturated rings. The monoisotopic (exact) mass is 201 g/mol. The Morgan fingerprint density at radius 1 is 1.57 bits per heavy atom. The summed E-state index contributed by atoms with van der Waals surface area (Å²) in [4.78, 5) is 1.11. The molecular formula is C8H15N3O3. The molecule has 0 aromatic heterocycles. The summed E-state index contributed by atoms with van der Waals surface area (Å²) < 4.78 is 11.6. The summed E-state index contributed by atoms with van der Waals surface area (Å²) in [5.74, 6) is 7.40. The molecule has 6 heteroatoms. The van der Waals surface area contributed by atoms with Gasteiger partial charge in [-0.25, -0.2) is 0 Å². The molecule has 0 aromatic carbocycles. The van der Waals surface area contributed by atoms with E-state index in [-0.39, 0.29) is 5.90 Å². The molecule has 0 bridgehead atoms. The van der Waals surface area contributed by atoms with Crippen LogP contribution in [0.15, 0.2) is 0 Å². The van der Waals surface area contributed by atoms with E-state index in [1.54, 1.807) is 6.92 Å². The van der Waals surface area contributed by atoms with E-state index in [9.17, 15) is 5.11 Å². The molecule has 1 saturated heterocycles. The Bertz CT molecular complexity index is 250. The highest BCUT2D eigenvalue weighted by molar-refractivity contribution is 5.73. The molecule has 2 aliphatic rings. The van der Waals surface area contributed by atoms with Crippen molar-refractivity contribution < 1.29 is 24.2 Å². The zero-order valence-corrected chi connectivity index (χ0v) is 8.12. The van der Waals surface area contributed by atoms with Crippen LogP contribution in [-0.4, -0.2) is 48.2 Å². The number of aliphatic hydroxyl groups is 1. The van der Waals surface area contributed by atoms with Crippen LogP contribution in [-0.2, 0) is 9.47 Å². The first kappa shape index (κ1) is 9.57. The molecule has 6 nitrogen and oxygen atoms in total. The third kappa shape index (κ3) is 1.52. The van der Waals surface area contributed by atoms with E-state index in [0.717, 1.165) is 22.7 Å². The van der Waals surface area contributed by atoms with E-state index in [1.807, 2.05) is 0 Å². The van der Waals surface area contributed by atoms with E-state index in [2.05, 4.69) is 0 Å². The van der Waals surface area contributed by atoms with Crippen LogP contribution >= 0.6 is 0 Å². The Labute approximate surface area is 82.5 Å². The van der Waals surface area contributed by atoms with Gasteiger partial charge in [0, 0.05) is 0 Å². The highest BCUT2D eigenvalue weighted by Crippen LogP contribution is 2.13. The van der Waals surface area contributed by atoms with Crippen molar-refractivity contribution in [3.63, 3.8) is 0 Å². The van der Waals surface area contributed by atoms with Gasteiger partial charge in [-0.05, 0) is 6.92 Å². The molecule has 1 atom stereocenters. The summed E-state index contributed by atoms with van der Waals surface area (Å²) in [6, 6.07) is 0. The highest BCUT2D eigenvalue weighted by Gasteiger charge is 2.35. The van der Waals surface area contributed by atoms with E-state index in [1.165, 1.54) is 0 Å². The van der Waals surface area contributed by atoms with Crippen molar-refractivity contribution in [3.8, 4) is 0 Å². The number of morpholine rings is 1. The molecule has 0 radical (unpaired) electrons.